The first kappa shape index (κ1) is 11.0. The van der Waals surface area contributed by atoms with Crippen LogP contribution in [0.3, 0.4) is 0 Å². The molecule has 0 atom stereocenters. The Balaban J connectivity index is 2.23. The molecule has 0 bridgehead atoms. The SMILES string of the molecule is Cc1cc(OC2CC2)cc(C(=O)N(C)C)c1. The summed E-state index contributed by atoms with van der Waals surface area (Å²) in [6, 6.07) is 5.69. The van der Waals surface area contributed by atoms with E-state index in [4.69, 9.17) is 4.74 Å². The topological polar surface area (TPSA) is 29.5 Å². The van der Waals surface area contributed by atoms with Crippen LogP contribution < -0.4 is 4.74 Å². The molecule has 0 saturated heterocycles. The third-order valence-electron chi connectivity index (χ3n) is 2.53. The molecule has 0 aromatic heterocycles. The molecule has 1 aromatic rings. The Kier molecular flexibility index (Phi) is 2.86. The molecular formula is C13H17NO2. The second-order valence-electron chi connectivity index (χ2n) is 4.55. The van der Waals surface area contributed by atoms with Gasteiger partial charge in [0.25, 0.3) is 5.91 Å². The lowest BCUT2D eigenvalue weighted by Gasteiger charge is -2.12. The lowest BCUT2D eigenvalue weighted by molar-refractivity contribution is 0.0827. The summed E-state index contributed by atoms with van der Waals surface area (Å²) < 4.78 is 5.71. The number of amides is 1. The zero-order chi connectivity index (χ0) is 11.7. The van der Waals surface area contributed by atoms with Crippen LogP contribution in [0, 0.1) is 6.92 Å². The third-order valence-corrected chi connectivity index (χ3v) is 2.53. The molecule has 0 N–H and O–H groups in total. The van der Waals surface area contributed by atoms with Gasteiger partial charge in [0.1, 0.15) is 5.75 Å². The molecule has 86 valence electrons. The minimum atomic E-state index is 0.0179. The summed E-state index contributed by atoms with van der Waals surface area (Å²) in [7, 11) is 3.51. The smallest absolute Gasteiger partial charge is 0.253 e. The fraction of sp³-hybridized carbons (Fsp3) is 0.462. The molecule has 2 rings (SSSR count). The van der Waals surface area contributed by atoms with Crippen molar-refractivity contribution in [2.75, 3.05) is 14.1 Å². The second-order valence-corrected chi connectivity index (χ2v) is 4.55. The summed E-state index contributed by atoms with van der Waals surface area (Å²) in [5.41, 5.74) is 1.75. The summed E-state index contributed by atoms with van der Waals surface area (Å²) in [6.07, 6.45) is 2.62. The molecule has 1 amide bonds. The van der Waals surface area contributed by atoms with Crippen LogP contribution in [0.4, 0.5) is 0 Å². The van der Waals surface area contributed by atoms with Crippen LogP contribution in [-0.4, -0.2) is 31.0 Å². The van der Waals surface area contributed by atoms with E-state index in [-0.39, 0.29) is 5.91 Å². The average molecular weight is 219 g/mol. The second kappa shape index (κ2) is 4.16. The number of hydrogen-bond donors (Lipinski definition) is 0. The van der Waals surface area contributed by atoms with E-state index in [9.17, 15) is 4.79 Å². The molecule has 0 radical (unpaired) electrons. The van der Waals surface area contributed by atoms with Crippen LogP contribution in [0.1, 0.15) is 28.8 Å². The van der Waals surface area contributed by atoms with Crippen LogP contribution in [0.5, 0.6) is 5.75 Å². The Labute approximate surface area is 96.0 Å². The van der Waals surface area contributed by atoms with Gasteiger partial charge in [0.05, 0.1) is 6.10 Å². The molecular weight excluding hydrogens is 202 g/mol. The van der Waals surface area contributed by atoms with Gasteiger partial charge in [-0.2, -0.15) is 0 Å². The van der Waals surface area contributed by atoms with Gasteiger partial charge < -0.3 is 9.64 Å². The van der Waals surface area contributed by atoms with E-state index in [1.54, 1.807) is 19.0 Å². The van der Waals surface area contributed by atoms with E-state index >= 15 is 0 Å². The highest BCUT2D eigenvalue weighted by molar-refractivity contribution is 5.94. The maximum absolute atomic E-state index is 11.8. The number of hydrogen-bond acceptors (Lipinski definition) is 2. The van der Waals surface area contributed by atoms with Crippen molar-refractivity contribution < 1.29 is 9.53 Å². The summed E-state index contributed by atoms with van der Waals surface area (Å²) in [4.78, 5) is 13.4. The molecule has 16 heavy (non-hydrogen) atoms. The number of carbonyl (C=O) groups is 1. The van der Waals surface area contributed by atoms with Crippen molar-refractivity contribution in [3.05, 3.63) is 29.3 Å². The highest BCUT2D eigenvalue weighted by Crippen LogP contribution is 2.28. The van der Waals surface area contributed by atoms with E-state index in [2.05, 4.69) is 0 Å². The van der Waals surface area contributed by atoms with Crippen molar-refractivity contribution >= 4 is 5.91 Å². The fourth-order valence-corrected chi connectivity index (χ4v) is 1.58. The standard InChI is InChI=1S/C13H17NO2/c1-9-6-10(13(15)14(2)3)8-12(7-9)16-11-4-5-11/h6-8,11H,4-5H2,1-3H3. The zero-order valence-corrected chi connectivity index (χ0v) is 9.99. The molecule has 0 unspecified atom stereocenters. The number of nitrogens with zero attached hydrogens (tertiary/aromatic N) is 1. The van der Waals surface area contributed by atoms with Gasteiger partial charge in [-0.15, -0.1) is 0 Å². The molecule has 1 aliphatic rings. The zero-order valence-electron chi connectivity index (χ0n) is 9.99. The summed E-state index contributed by atoms with van der Waals surface area (Å²) in [5.74, 6) is 0.831. The lowest BCUT2D eigenvalue weighted by atomic mass is 10.1. The first-order valence-electron chi connectivity index (χ1n) is 5.56. The van der Waals surface area contributed by atoms with E-state index in [1.165, 1.54) is 0 Å². The fourth-order valence-electron chi connectivity index (χ4n) is 1.58. The Morgan fingerprint density at radius 3 is 2.56 bits per heavy atom. The molecule has 1 aliphatic carbocycles. The van der Waals surface area contributed by atoms with Crippen LogP contribution in [0.2, 0.25) is 0 Å². The van der Waals surface area contributed by atoms with Crippen LogP contribution in [0.15, 0.2) is 18.2 Å². The normalized spacial score (nSPS) is 14.7. The molecule has 0 spiro atoms. The Bertz CT molecular complexity index is 408. The number of carbonyl (C=O) groups excluding carboxylic acids is 1. The van der Waals surface area contributed by atoms with Gasteiger partial charge in [0, 0.05) is 19.7 Å². The first-order valence-corrected chi connectivity index (χ1v) is 5.56. The summed E-state index contributed by atoms with van der Waals surface area (Å²) in [5, 5.41) is 0. The summed E-state index contributed by atoms with van der Waals surface area (Å²) >= 11 is 0. The maximum Gasteiger partial charge on any atom is 0.253 e. The number of rotatable bonds is 3. The Morgan fingerprint density at radius 2 is 2.00 bits per heavy atom. The quantitative estimate of drug-likeness (QED) is 0.780. The number of ether oxygens (including phenoxy) is 1. The third kappa shape index (κ3) is 2.54. The predicted octanol–water partition coefficient (Wildman–Crippen LogP) is 2.24. The minimum Gasteiger partial charge on any atom is -0.490 e. The van der Waals surface area contributed by atoms with Crippen molar-refractivity contribution in [1.29, 1.82) is 0 Å². The van der Waals surface area contributed by atoms with Crippen molar-refractivity contribution in [2.24, 2.45) is 0 Å². The largest absolute Gasteiger partial charge is 0.490 e. The van der Waals surface area contributed by atoms with E-state index in [0.29, 0.717) is 11.7 Å². The van der Waals surface area contributed by atoms with Gasteiger partial charge in [-0.3, -0.25) is 4.79 Å². The maximum atomic E-state index is 11.8. The van der Waals surface area contributed by atoms with Crippen molar-refractivity contribution in [3.63, 3.8) is 0 Å². The van der Waals surface area contributed by atoms with Crippen LogP contribution in [0.25, 0.3) is 0 Å². The highest BCUT2D eigenvalue weighted by atomic mass is 16.5. The van der Waals surface area contributed by atoms with Crippen LogP contribution >= 0.6 is 0 Å². The monoisotopic (exact) mass is 219 g/mol. The van der Waals surface area contributed by atoms with Crippen LogP contribution in [-0.2, 0) is 0 Å². The molecule has 1 fully saturated rings. The van der Waals surface area contributed by atoms with E-state index in [0.717, 1.165) is 24.2 Å². The van der Waals surface area contributed by atoms with Gasteiger partial charge in [-0.05, 0) is 43.5 Å². The number of benzene rings is 1. The van der Waals surface area contributed by atoms with Crippen molar-refractivity contribution in [3.8, 4) is 5.75 Å². The highest BCUT2D eigenvalue weighted by Gasteiger charge is 2.24. The molecule has 1 aromatic carbocycles. The first-order chi connectivity index (χ1) is 7.56. The van der Waals surface area contributed by atoms with Gasteiger partial charge in [0.2, 0.25) is 0 Å². The molecule has 0 heterocycles. The predicted molar refractivity (Wildman–Crippen MR) is 62.8 cm³/mol. The molecule has 0 aliphatic heterocycles. The molecule has 3 nitrogen and oxygen atoms in total. The van der Waals surface area contributed by atoms with E-state index in [1.807, 2.05) is 25.1 Å². The molecule has 3 heteroatoms. The lowest BCUT2D eigenvalue weighted by Crippen LogP contribution is -2.21. The van der Waals surface area contributed by atoms with Gasteiger partial charge >= 0.3 is 0 Å². The van der Waals surface area contributed by atoms with Crippen molar-refractivity contribution in [2.45, 2.75) is 25.9 Å². The molecule has 1 saturated carbocycles. The Morgan fingerprint density at radius 1 is 1.31 bits per heavy atom. The summed E-state index contributed by atoms with van der Waals surface area (Å²) in [6.45, 7) is 1.98. The van der Waals surface area contributed by atoms with E-state index < -0.39 is 0 Å². The van der Waals surface area contributed by atoms with Gasteiger partial charge in [-0.25, -0.2) is 0 Å². The average Bonchev–Trinajstić information content (AvgIpc) is 2.99. The Hall–Kier alpha value is -1.51. The van der Waals surface area contributed by atoms with Crippen molar-refractivity contribution in [1.82, 2.24) is 4.90 Å². The minimum absolute atomic E-state index is 0.0179. The number of aryl methyl sites for hydroxylation is 1. The van der Waals surface area contributed by atoms with Gasteiger partial charge in [0.15, 0.2) is 0 Å². The van der Waals surface area contributed by atoms with Gasteiger partial charge in [-0.1, -0.05) is 0 Å².